The Bertz CT molecular complexity index is 3140. The minimum Gasteiger partial charge on any atom is -0.489 e. The summed E-state index contributed by atoms with van der Waals surface area (Å²) in [6, 6.07) is 22.7. The Kier molecular flexibility index (Phi) is 13.1. The van der Waals surface area contributed by atoms with E-state index in [9.17, 15) is 23.3 Å². The molecule has 2 saturated heterocycles. The van der Waals surface area contributed by atoms with E-state index in [0.29, 0.717) is 73.6 Å². The number of sulfonamides is 1. The number of likely N-dealkylation sites (N-methyl/N-ethyl adjacent to an activating group) is 1. The van der Waals surface area contributed by atoms with Crippen molar-refractivity contribution >= 4 is 55.8 Å². The molecule has 3 N–H and O–H groups in total. The number of nitriles is 1. The van der Waals surface area contributed by atoms with Gasteiger partial charge in [0.15, 0.2) is 0 Å². The van der Waals surface area contributed by atoms with Crippen molar-refractivity contribution in [2.75, 3.05) is 53.5 Å². The van der Waals surface area contributed by atoms with Crippen LogP contribution >= 0.6 is 11.6 Å². The Labute approximate surface area is 413 Å². The molecule has 6 aromatic rings. The number of H-pyrrole nitrogens is 1. The molecule has 16 nitrogen and oxygen atoms in total. The minimum absolute atomic E-state index is 0.0739. The number of nitrogens with one attached hydrogen (secondary N) is 3. The molecule has 1 unspecified atom stereocenters. The number of amides is 1. The number of piperidine rings is 1. The molecular formula is C52H59ClN10O6S. The fraction of sp³-hybridized carbons (Fsp3) is 0.404. The summed E-state index contributed by atoms with van der Waals surface area (Å²) in [6.07, 6.45) is 9.43. The lowest BCUT2D eigenvalue weighted by Crippen LogP contribution is -2.74. The van der Waals surface area contributed by atoms with Crippen LogP contribution in [0.3, 0.4) is 0 Å². The van der Waals surface area contributed by atoms with Crippen molar-refractivity contribution in [3.8, 4) is 34.4 Å². The zero-order valence-corrected chi connectivity index (χ0v) is 42.1. The van der Waals surface area contributed by atoms with E-state index < -0.39 is 20.9 Å². The number of carbonyl (C=O) groups is 1. The van der Waals surface area contributed by atoms with E-state index >= 15 is 0 Å². The summed E-state index contributed by atoms with van der Waals surface area (Å²) < 4.78 is 42.3. The van der Waals surface area contributed by atoms with Gasteiger partial charge in [-0.15, -0.1) is 0 Å². The predicted octanol–water partition coefficient (Wildman–Crippen LogP) is 8.19. The monoisotopic (exact) mass is 986 g/mol. The number of hydrogen-bond acceptors (Lipinski definition) is 12. The maximum atomic E-state index is 13.6. The largest absolute Gasteiger partial charge is 0.489 e. The van der Waals surface area contributed by atoms with Gasteiger partial charge >= 0.3 is 0 Å². The van der Waals surface area contributed by atoms with Crippen molar-refractivity contribution in [1.29, 1.82) is 5.26 Å². The molecular weight excluding hydrogens is 928 g/mol. The Morgan fingerprint density at radius 1 is 0.971 bits per heavy atom. The van der Waals surface area contributed by atoms with E-state index in [1.807, 2.05) is 24.3 Å². The van der Waals surface area contributed by atoms with Crippen LogP contribution in [-0.2, 0) is 17.1 Å². The number of hydrogen-bond donors (Lipinski definition) is 3. The van der Waals surface area contributed by atoms with Gasteiger partial charge in [-0.2, -0.15) is 5.26 Å². The molecule has 18 heteroatoms. The molecule has 3 aromatic carbocycles. The molecule has 2 aliphatic heterocycles. The lowest BCUT2D eigenvalue weighted by molar-refractivity contribution is -0.164. The number of nitrogens with zero attached hydrogens (tertiary/aromatic N) is 7. The maximum absolute atomic E-state index is 13.6. The second-order valence-electron chi connectivity index (χ2n) is 19.9. The van der Waals surface area contributed by atoms with Crippen molar-refractivity contribution in [3.05, 3.63) is 118 Å². The third kappa shape index (κ3) is 9.39. The summed E-state index contributed by atoms with van der Waals surface area (Å²) in [6.45, 7) is 13.4. The molecule has 1 atom stereocenters. The van der Waals surface area contributed by atoms with Crippen molar-refractivity contribution in [3.63, 3.8) is 0 Å². The topological polar surface area (TPSA) is 191 Å². The van der Waals surface area contributed by atoms with Crippen LogP contribution in [0.2, 0.25) is 5.02 Å². The first kappa shape index (κ1) is 48.4. The van der Waals surface area contributed by atoms with Crippen LogP contribution < -0.4 is 34.9 Å². The number of aromatic amines is 1. The second-order valence-corrected chi connectivity index (χ2v) is 22.3. The quantitative estimate of drug-likeness (QED) is 0.0950. The number of likely N-dealkylation sites (tertiary alicyclic amines) is 1. The number of halogens is 1. The minimum atomic E-state index is -3.55. The first-order valence-corrected chi connectivity index (χ1v) is 25.7. The molecule has 3 fully saturated rings. The molecule has 0 spiro atoms. The van der Waals surface area contributed by atoms with E-state index in [0.717, 1.165) is 56.7 Å². The number of pyridine rings is 1. The van der Waals surface area contributed by atoms with Crippen LogP contribution in [0.5, 0.6) is 17.2 Å². The number of rotatable bonds is 14. The fourth-order valence-electron chi connectivity index (χ4n) is 11.0. The number of anilines is 3. The smallest absolute Gasteiger partial charge is 0.274 e. The van der Waals surface area contributed by atoms with Crippen LogP contribution in [0.25, 0.3) is 22.0 Å². The molecule has 3 aromatic heterocycles. The summed E-state index contributed by atoms with van der Waals surface area (Å²) in [4.78, 5) is 46.0. The number of aromatic nitrogens is 4. The van der Waals surface area contributed by atoms with Gasteiger partial charge < -0.3 is 34.1 Å². The molecule has 1 saturated carbocycles. The second kappa shape index (κ2) is 19.0. The molecule has 1 amide bonds. The van der Waals surface area contributed by atoms with Gasteiger partial charge in [-0.05, 0) is 74.7 Å². The third-order valence-electron chi connectivity index (χ3n) is 14.6. The van der Waals surface area contributed by atoms with E-state index in [-0.39, 0.29) is 29.4 Å². The third-order valence-corrected chi connectivity index (χ3v) is 16.2. The number of ether oxygens (including phenoxy) is 2. The predicted molar refractivity (Wildman–Crippen MR) is 274 cm³/mol. The highest BCUT2D eigenvalue weighted by Gasteiger charge is 2.64. The molecule has 9 rings (SSSR count). The Morgan fingerprint density at radius 3 is 2.41 bits per heavy atom. The first-order valence-electron chi connectivity index (χ1n) is 23.7. The van der Waals surface area contributed by atoms with Crippen LogP contribution in [0.15, 0.2) is 96.3 Å². The highest BCUT2D eigenvalue weighted by Crippen LogP contribution is 2.55. The average Bonchev–Trinajstić information content (AvgIpc) is 4.06. The van der Waals surface area contributed by atoms with Gasteiger partial charge in [-0.3, -0.25) is 19.2 Å². The van der Waals surface area contributed by atoms with Gasteiger partial charge in [-0.25, -0.2) is 18.4 Å². The number of benzene rings is 3. The molecule has 5 heterocycles. The zero-order valence-electron chi connectivity index (χ0n) is 40.5. The summed E-state index contributed by atoms with van der Waals surface area (Å²) in [5, 5.41) is 13.5. The van der Waals surface area contributed by atoms with Crippen LogP contribution in [0.4, 0.5) is 17.3 Å². The van der Waals surface area contributed by atoms with E-state index in [1.165, 1.54) is 4.57 Å². The Hall–Kier alpha value is -6.61. The number of fused-ring (bicyclic) bond motifs is 1. The zero-order chi connectivity index (χ0) is 49.7. The highest BCUT2D eigenvalue weighted by molar-refractivity contribution is 7.92. The van der Waals surface area contributed by atoms with E-state index in [4.69, 9.17) is 21.1 Å². The van der Waals surface area contributed by atoms with Crippen LogP contribution in [0, 0.1) is 22.2 Å². The number of aryl methyl sites for hydroxylation is 1. The average molecular weight is 988 g/mol. The molecule has 0 radical (unpaired) electrons. The van der Waals surface area contributed by atoms with Gasteiger partial charge in [0, 0.05) is 134 Å². The molecule has 0 bridgehead atoms. The Balaban J connectivity index is 0.798. The first-order chi connectivity index (χ1) is 33.4. The maximum Gasteiger partial charge on any atom is 0.274 e. The van der Waals surface area contributed by atoms with Gasteiger partial charge in [0.05, 0.1) is 21.9 Å². The summed E-state index contributed by atoms with van der Waals surface area (Å²) in [5.74, 6) is 2.02. The standard InChI is InChI=1S/C52H59ClN10O6S/c1-8-70(66,67)59-34-13-15-44(41(24-34)42-31-60(6)47(65)45-40(42)16-20-55-45)68-38-11-9-10-36(25-38)61(7)37-19-23-63(30-37)35-17-21-62(22-18-35)50-56-28-33(29-57-50)46(64)58-48-51(2,3)49(52(48,4)5)69-39-14-12-32(27-54)43(53)26-39/h9-16,20,24-26,28-29,31,35,37,48-49,55,59H,8,17-19,21-23,30H2,1-7H3,(H,58,64). The lowest BCUT2D eigenvalue weighted by atomic mass is 9.49. The molecule has 1 aliphatic carbocycles. The van der Waals surface area contributed by atoms with Crippen molar-refractivity contribution < 1.29 is 22.7 Å². The molecule has 70 heavy (non-hydrogen) atoms. The molecule has 366 valence electrons. The summed E-state index contributed by atoms with van der Waals surface area (Å²) >= 11 is 6.27. The van der Waals surface area contributed by atoms with Gasteiger partial charge in [-0.1, -0.05) is 45.4 Å². The van der Waals surface area contributed by atoms with Crippen molar-refractivity contribution in [2.45, 2.75) is 78.1 Å². The van der Waals surface area contributed by atoms with Crippen LogP contribution in [-0.4, -0.2) is 102 Å². The lowest BCUT2D eigenvalue weighted by Gasteiger charge is -2.63. The van der Waals surface area contributed by atoms with E-state index in [2.05, 4.69) is 86.6 Å². The van der Waals surface area contributed by atoms with Crippen molar-refractivity contribution in [1.82, 2.24) is 29.7 Å². The Morgan fingerprint density at radius 2 is 1.71 bits per heavy atom. The van der Waals surface area contributed by atoms with E-state index in [1.54, 1.807) is 75.2 Å². The normalized spacial score (nSPS) is 20.1. The van der Waals surface area contributed by atoms with Crippen molar-refractivity contribution in [2.24, 2.45) is 17.9 Å². The van der Waals surface area contributed by atoms with Gasteiger partial charge in [0.2, 0.25) is 16.0 Å². The number of carbonyl (C=O) groups excluding carboxylic acids is 1. The van der Waals surface area contributed by atoms with Crippen LogP contribution in [0.1, 0.15) is 69.8 Å². The highest BCUT2D eigenvalue weighted by atomic mass is 35.5. The molecule has 3 aliphatic rings. The summed E-state index contributed by atoms with van der Waals surface area (Å²) in [7, 11) is 0.263. The SMILES string of the molecule is CCS(=O)(=O)Nc1ccc(Oc2cccc(N(C)C3CCN(C4CCN(c5ncc(C(=O)NC6C(C)(C)C(Oc7ccc(C#N)c(Cl)c7)C6(C)C)cn5)CC4)C3)c2)c(-c2cn(C)c(=O)c3[nH]ccc23)c1. The van der Waals surface area contributed by atoms with Gasteiger partial charge in [0.1, 0.15) is 34.9 Å². The fourth-order valence-corrected chi connectivity index (χ4v) is 11.8. The van der Waals surface area contributed by atoms with Gasteiger partial charge in [0.25, 0.3) is 11.5 Å². The summed E-state index contributed by atoms with van der Waals surface area (Å²) in [5.41, 5.74) is 3.02.